The standard InChI is InChI=1S/C14H20N2/c15-14-12-6-2-1-5-11(12)7-8-13(14)16-9-3-4-10-16/h1-2,5-6,13-14H,3-4,7-10,15H2/t13-,14+/m1/s1. The van der Waals surface area contributed by atoms with Gasteiger partial charge in [0.1, 0.15) is 0 Å². The topological polar surface area (TPSA) is 29.3 Å². The first-order valence-corrected chi connectivity index (χ1v) is 6.44. The highest BCUT2D eigenvalue weighted by Crippen LogP contribution is 2.32. The monoisotopic (exact) mass is 216 g/mol. The quantitative estimate of drug-likeness (QED) is 0.779. The Balaban J connectivity index is 1.85. The highest BCUT2D eigenvalue weighted by atomic mass is 15.2. The maximum absolute atomic E-state index is 6.43. The Morgan fingerprint density at radius 3 is 2.69 bits per heavy atom. The van der Waals surface area contributed by atoms with Crippen LogP contribution in [0.3, 0.4) is 0 Å². The summed E-state index contributed by atoms with van der Waals surface area (Å²) in [5.41, 5.74) is 9.27. The number of hydrogen-bond acceptors (Lipinski definition) is 2. The fourth-order valence-electron chi connectivity index (χ4n) is 3.26. The summed E-state index contributed by atoms with van der Waals surface area (Å²) >= 11 is 0. The second kappa shape index (κ2) is 4.19. The lowest BCUT2D eigenvalue weighted by atomic mass is 9.84. The van der Waals surface area contributed by atoms with Crippen molar-refractivity contribution >= 4 is 0 Å². The van der Waals surface area contributed by atoms with Gasteiger partial charge in [0.25, 0.3) is 0 Å². The Bertz CT molecular complexity index is 369. The Morgan fingerprint density at radius 2 is 1.88 bits per heavy atom. The smallest absolute Gasteiger partial charge is 0.0455 e. The molecule has 16 heavy (non-hydrogen) atoms. The molecule has 1 heterocycles. The SMILES string of the molecule is N[C@H]1c2ccccc2CC[C@H]1N1CCCC1. The largest absolute Gasteiger partial charge is 0.323 e. The predicted molar refractivity (Wildman–Crippen MR) is 66.3 cm³/mol. The highest BCUT2D eigenvalue weighted by molar-refractivity contribution is 5.33. The average molecular weight is 216 g/mol. The van der Waals surface area contributed by atoms with Crippen molar-refractivity contribution < 1.29 is 0 Å². The summed E-state index contributed by atoms with van der Waals surface area (Å²) in [4.78, 5) is 2.60. The van der Waals surface area contributed by atoms with Crippen LogP contribution < -0.4 is 5.73 Å². The minimum atomic E-state index is 0.225. The van der Waals surface area contributed by atoms with Crippen molar-refractivity contribution in [3.8, 4) is 0 Å². The van der Waals surface area contributed by atoms with Gasteiger partial charge in [0.05, 0.1) is 0 Å². The zero-order valence-corrected chi connectivity index (χ0v) is 9.73. The first-order valence-electron chi connectivity index (χ1n) is 6.44. The van der Waals surface area contributed by atoms with Crippen molar-refractivity contribution in [1.82, 2.24) is 4.90 Å². The van der Waals surface area contributed by atoms with Gasteiger partial charge in [-0.05, 0) is 49.9 Å². The summed E-state index contributed by atoms with van der Waals surface area (Å²) in [7, 11) is 0. The first kappa shape index (κ1) is 10.3. The van der Waals surface area contributed by atoms with E-state index in [0.717, 1.165) is 0 Å². The van der Waals surface area contributed by atoms with E-state index in [2.05, 4.69) is 29.2 Å². The van der Waals surface area contributed by atoms with Gasteiger partial charge in [0.15, 0.2) is 0 Å². The van der Waals surface area contributed by atoms with Crippen LogP contribution in [0.1, 0.15) is 36.4 Å². The maximum atomic E-state index is 6.43. The summed E-state index contributed by atoms with van der Waals surface area (Å²) in [6.45, 7) is 2.50. The summed E-state index contributed by atoms with van der Waals surface area (Å²) < 4.78 is 0. The third kappa shape index (κ3) is 1.66. The number of likely N-dealkylation sites (tertiary alicyclic amines) is 1. The van der Waals surface area contributed by atoms with Gasteiger partial charge in [-0.2, -0.15) is 0 Å². The van der Waals surface area contributed by atoms with E-state index in [1.807, 2.05) is 0 Å². The molecule has 0 bridgehead atoms. The molecule has 2 N–H and O–H groups in total. The molecule has 0 aromatic heterocycles. The van der Waals surface area contributed by atoms with Gasteiger partial charge in [-0.15, -0.1) is 0 Å². The third-order valence-electron chi connectivity index (χ3n) is 4.15. The Morgan fingerprint density at radius 1 is 1.12 bits per heavy atom. The highest BCUT2D eigenvalue weighted by Gasteiger charge is 2.31. The van der Waals surface area contributed by atoms with Crippen molar-refractivity contribution in [1.29, 1.82) is 0 Å². The molecule has 1 aliphatic carbocycles. The van der Waals surface area contributed by atoms with Gasteiger partial charge in [-0.25, -0.2) is 0 Å². The lowest BCUT2D eigenvalue weighted by Gasteiger charge is -2.37. The first-order chi connectivity index (χ1) is 7.86. The van der Waals surface area contributed by atoms with Gasteiger partial charge in [-0.3, -0.25) is 4.90 Å². The molecule has 0 amide bonds. The van der Waals surface area contributed by atoms with Crippen molar-refractivity contribution in [2.24, 2.45) is 5.73 Å². The molecule has 1 aromatic carbocycles. The molecule has 2 nitrogen and oxygen atoms in total. The zero-order valence-electron chi connectivity index (χ0n) is 9.73. The van der Waals surface area contributed by atoms with Crippen molar-refractivity contribution in [2.45, 2.75) is 37.8 Å². The summed E-state index contributed by atoms with van der Waals surface area (Å²) in [5, 5.41) is 0. The Hall–Kier alpha value is -0.860. The Labute approximate surface area is 97.4 Å². The lowest BCUT2D eigenvalue weighted by Crippen LogP contribution is -2.44. The molecule has 3 rings (SSSR count). The number of nitrogens with zero attached hydrogens (tertiary/aromatic N) is 1. The molecule has 0 unspecified atom stereocenters. The molecule has 0 spiro atoms. The normalized spacial score (nSPS) is 30.3. The zero-order chi connectivity index (χ0) is 11.0. The fourth-order valence-corrected chi connectivity index (χ4v) is 3.26. The molecule has 2 aliphatic rings. The van der Waals surface area contributed by atoms with E-state index in [4.69, 9.17) is 5.73 Å². The minimum absolute atomic E-state index is 0.225. The van der Waals surface area contributed by atoms with Gasteiger partial charge in [-0.1, -0.05) is 24.3 Å². The van der Waals surface area contributed by atoms with Crippen LogP contribution in [0.15, 0.2) is 24.3 Å². The number of aryl methyl sites for hydroxylation is 1. The van der Waals surface area contributed by atoms with Crippen LogP contribution in [0.4, 0.5) is 0 Å². The third-order valence-corrected chi connectivity index (χ3v) is 4.15. The molecular formula is C14H20N2. The van der Waals surface area contributed by atoms with Crippen LogP contribution in [0.25, 0.3) is 0 Å². The van der Waals surface area contributed by atoms with Gasteiger partial charge in [0.2, 0.25) is 0 Å². The van der Waals surface area contributed by atoms with E-state index in [0.29, 0.717) is 6.04 Å². The molecule has 0 radical (unpaired) electrons. The number of fused-ring (bicyclic) bond motifs is 1. The number of hydrogen-bond donors (Lipinski definition) is 1. The lowest BCUT2D eigenvalue weighted by molar-refractivity contribution is 0.191. The van der Waals surface area contributed by atoms with Crippen LogP contribution >= 0.6 is 0 Å². The number of benzene rings is 1. The van der Waals surface area contributed by atoms with E-state index in [9.17, 15) is 0 Å². The fraction of sp³-hybridized carbons (Fsp3) is 0.571. The van der Waals surface area contributed by atoms with Crippen molar-refractivity contribution in [3.63, 3.8) is 0 Å². The van der Waals surface area contributed by atoms with E-state index >= 15 is 0 Å². The molecule has 2 heteroatoms. The van der Waals surface area contributed by atoms with Crippen molar-refractivity contribution in [2.75, 3.05) is 13.1 Å². The van der Waals surface area contributed by atoms with Crippen LogP contribution in [0.2, 0.25) is 0 Å². The second-order valence-corrected chi connectivity index (χ2v) is 5.07. The van der Waals surface area contributed by atoms with E-state index in [-0.39, 0.29) is 6.04 Å². The van der Waals surface area contributed by atoms with Crippen LogP contribution in [-0.4, -0.2) is 24.0 Å². The van der Waals surface area contributed by atoms with Gasteiger partial charge in [0, 0.05) is 12.1 Å². The average Bonchev–Trinajstić information content (AvgIpc) is 2.83. The maximum Gasteiger partial charge on any atom is 0.0455 e. The van der Waals surface area contributed by atoms with Crippen LogP contribution in [0, 0.1) is 0 Å². The molecule has 1 saturated heterocycles. The molecular weight excluding hydrogens is 196 g/mol. The summed E-state index contributed by atoms with van der Waals surface area (Å²) in [5.74, 6) is 0. The molecule has 86 valence electrons. The van der Waals surface area contributed by atoms with E-state index in [1.54, 1.807) is 0 Å². The van der Waals surface area contributed by atoms with E-state index < -0.39 is 0 Å². The number of nitrogens with two attached hydrogens (primary N) is 1. The molecule has 1 fully saturated rings. The van der Waals surface area contributed by atoms with Gasteiger partial charge < -0.3 is 5.73 Å². The summed E-state index contributed by atoms with van der Waals surface area (Å²) in [6, 6.07) is 9.49. The molecule has 0 saturated carbocycles. The van der Waals surface area contributed by atoms with Crippen molar-refractivity contribution in [3.05, 3.63) is 35.4 Å². The van der Waals surface area contributed by atoms with Gasteiger partial charge >= 0.3 is 0 Å². The molecule has 1 aliphatic heterocycles. The molecule has 1 aromatic rings. The van der Waals surface area contributed by atoms with Crippen LogP contribution in [-0.2, 0) is 6.42 Å². The number of rotatable bonds is 1. The van der Waals surface area contributed by atoms with E-state index in [1.165, 1.54) is 49.9 Å². The minimum Gasteiger partial charge on any atom is -0.323 e. The predicted octanol–water partition coefficient (Wildman–Crippen LogP) is 2.10. The van der Waals surface area contributed by atoms with Crippen LogP contribution in [0.5, 0.6) is 0 Å². The Kier molecular flexibility index (Phi) is 2.70. The molecule has 2 atom stereocenters. The second-order valence-electron chi connectivity index (χ2n) is 5.07. The summed E-state index contributed by atoms with van der Waals surface area (Å²) in [6.07, 6.45) is 5.14.